The molecule has 1 atom stereocenters. The Morgan fingerprint density at radius 1 is 0.409 bits per heavy atom. The third-order valence-electron chi connectivity index (χ3n) is 19.2. The smallest absolute Gasteiger partial charge is 0.119 e. The Bertz CT molecular complexity index is 4730. The summed E-state index contributed by atoms with van der Waals surface area (Å²) in [5, 5.41) is 2.47. The van der Waals surface area contributed by atoms with Gasteiger partial charge in [-0.2, -0.15) is 0 Å². The Morgan fingerprint density at radius 3 is 1.58 bits per heavy atom. The molecular weight excluding hydrogens is 1060 g/mol. The molecule has 0 N–H and O–H groups in total. The van der Waals surface area contributed by atoms with Gasteiger partial charge in [0.05, 0.1) is 17.6 Å². The molecule has 88 heavy (non-hydrogen) atoms. The van der Waals surface area contributed by atoms with Gasteiger partial charge in [0.2, 0.25) is 0 Å². The van der Waals surface area contributed by atoms with Crippen LogP contribution < -0.4 is 9.64 Å². The molecule has 1 aromatic heterocycles. The number of aromatic nitrogens is 1. The van der Waals surface area contributed by atoms with Crippen LogP contribution in [0.5, 0.6) is 5.75 Å². The maximum absolute atomic E-state index is 6.18. The SMILES string of the molecule is C=Cc1ccc(OCCCCCCC2(c3ccccc3)c3ccccc3-c3ccc(N(c4ccc(-c5ccccc5)cc4)c4ccc(-c5ccc6c(c5)c5cc(-c7ccc8c(c7)C(C)(C)c7ccccc7-8)ccc5n6-c5ccc(C)cc5)cc4)cc32)cc1. The maximum atomic E-state index is 6.18. The molecule has 12 aromatic carbocycles. The van der Waals surface area contributed by atoms with E-state index in [4.69, 9.17) is 4.74 Å². The summed E-state index contributed by atoms with van der Waals surface area (Å²) < 4.78 is 8.62. The number of hydrogen-bond donors (Lipinski definition) is 0. The van der Waals surface area contributed by atoms with Gasteiger partial charge in [-0.15, -0.1) is 0 Å². The Balaban J connectivity index is 0.800. The first kappa shape index (κ1) is 54.4. The third kappa shape index (κ3) is 9.54. The lowest BCUT2D eigenvalue weighted by Crippen LogP contribution is -2.27. The summed E-state index contributed by atoms with van der Waals surface area (Å²) in [5.74, 6) is 0.911. The minimum Gasteiger partial charge on any atom is -0.494 e. The molecule has 13 aromatic rings. The number of fused-ring (bicyclic) bond motifs is 9. The van der Waals surface area contributed by atoms with Gasteiger partial charge in [0.1, 0.15) is 5.75 Å². The van der Waals surface area contributed by atoms with Crippen molar-refractivity contribution in [3.63, 3.8) is 0 Å². The van der Waals surface area contributed by atoms with E-state index in [1.807, 2.05) is 18.2 Å². The van der Waals surface area contributed by atoms with Crippen molar-refractivity contribution >= 4 is 44.9 Å². The van der Waals surface area contributed by atoms with Gasteiger partial charge in [-0.3, -0.25) is 0 Å². The van der Waals surface area contributed by atoms with E-state index in [2.05, 4.69) is 304 Å². The van der Waals surface area contributed by atoms with Crippen molar-refractivity contribution in [1.29, 1.82) is 0 Å². The lowest BCUT2D eigenvalue weighted by molar-refractivity contribution is 0.303. The number of nitrogens with zero attached hydrogens (tertiary/aromatic N) is 2. The highest BCUT2D eigenvalue weighted by atomic mass is 16.5. The number of ether oxygens (including phenoxy) is 1. The fourth-order valence-corrected chi connectivity index (χ4v) is 14.6. The van der Waals surface area contributed by atoms with Gasteiger partial charge >= 0.3 is 0 Å². The van der Waals surface area contributed by atoms with Crippen LogP contribution in [0.3, 0.4) is 0 Å². The second-order valence-electron chi connectivity index (χ2n) is 24.7. The molecule has 3 nitrogen and oxygen atoms in total. The summed E-state index contributed by atoms with van der Waals surface area (Å²) in [6.07, 6.45) is 7.16. The average Bonchev–Trinajstić information content (AvgIpc) is 2.14. The van der Waals surface area contributed by atoms with E-state index in [-0.39, 0.29) is 10.8 Å². The van der Waals surface area contributed by atoms with Crippen LogP contribution >= 0.6 is 0 Å². The molecule has 0 radical (unpaired) electrons. The van der Waals surface area contributed by atoms with Crippen molar-refractivity contribution in [1.82, 2.24) is 4.57 Å². The van der Waals surface area contributed by atoms with Gasteiger partial charge in [0.25, 0.3) is 0 Å². The van der Waals surface area contributed by atoms with Gasteiger partial charge in [0.15, 0.2) is 0 Å². The van der Waals surface area contributed by atoms with Crippen molar-refractivity contribution in [2.45, 2.75) is 63.7 Å². The summed E-state index contributed by atoms with van der Waals surface area (Å²) in [5.41, 5.74) is 28.2. The van der Waals surface area contributed by atoms with Gasteiger partial charge < -0.3 is 14.2 Å². The summed E-state index contributed by atoms with van der Waals surface area (Å²) in [4.78, 5) is 2.46. The van der Waals surface area contributed by atoms with Crippen LogP contribution in [-0.4, -0.2) is 11.2 Å². The van der Waals surface area contributed by atoms with E-state index in [9.17, 15) is 0 Å². The zero-order chi connectivity index (χ0) is 59.3. The van der Waals surface area contributed by atoms with E-state index in [0.29, 0.717) is 6.61 Å². The molecule has 0 fully saturated rings. The molecule has 426 valence electrons. The quantitative estimate of drug-likeness (QED) is 0.0846. The molecule has 0 saturated carbocycles. The Labute approximate surface area is 518 Å². The highest BCUT2D eigenvalue weighted by Crippen LogP contribution is 2.57. The largest absolute Gasteiger partial charge is 0.494 e. The van der Waals surface area contributed by atoms with Crippen LogP contribution in [0, 0.1) is 6.92 Å². The third-order valence-corrected chi connectivity index (χ3v) is 19.2. The number of rotatable bonds is 17. The van der Waals surface area contributed by atoms with Crippen molar-refractivity contribution in [3.05, 3.63) is 325 Å². The standard InChI is InChI=1S/C85H70N2O/c1-5-59-30-46-71(47-31-59)88-53-19-7-6-18-52-85(66-22-12-9-13-23-66)79-27-17-15-25-73(79)75-49-45-70(57-81(75)85)86(67-41-32-61(33-42-67)60-20-10-8-11-21-60)68-43-34-62(35-44-68)63-37-50-82-76(54-63)77-55-64(38-51-83(77)87(82)69-39-28-58(2)29-40-69)65-36-48-74-72-24-14-16-26-78(72)84(3,4)80(74)56-65/h5,8-17,20-51,54-57H,1,6-7,18-19,52-53H2,2-4H3. The topological polar surface area (TPSA) is 17.4 Å². The van der Waals surface area contributed by atoms with E-state index < -0.39 is 0 Å². The molecule has 0 aliphatic heterocycles. The van der Waals surface area contributed by atoms with Crippen molar-refractivity contribution in [2.24, 2.45) is 0 Å². The van der Waals surface area contributed by atoms with E-state index in [1.165, 1.54) is 111 Å². The first-order chi connectivity index (χ1) is 43.2. The van der Waals surface area contributed by atoms with E-state index in [1.54, 1.807) is 0 Å². The Kier molecular flexibility index (Phi) is 14.0. The zero-order valence-electron chi connectivity index (χ0n) is 50.4. The minimum absolute atomic E-state index is 0.0817. The van der Waals surface area contributed by atoms with E-state index >= 15 is 0 Å². The average molecular weight is 1140 g/mol. The second kappa shape index (κ2) is 22.6. The first-order valence-electron chi connectivity index (χ1n) is 31.3. The molecule has 1 heterocycles. The molecule has 0 spiro atoms. The lowest BCUT2D eigenvalue weighted by Gasteiger charge is -2.34. The fraction of sp³-hybridized carbons (Fsp3) is 0.129. The molecular formula is C85H70N2O. The predicted octanol–water partition coefficient (Wildman–Crippen LogP) is 22.9. The number of benzene rings is 12. The highest BCUT2D eigenvalue weighted by Gasteiger charge is 2.44. The van der Waals surface area contributed by atoms with Crippen LogP contribution in [0.2, 0.25) is 0 Å². The Hall–Kier alpha value is -10.2. The summed E-state index contributed by atoms with van der Waals surface area (Å²) in [6, 6.07) is 104. The van der Waals surface area contributed by atoms with Crippen LogP contribution in [-0.2, 0) is 10.8 Å². The molecule has 0 bridgehead atoms. The molecule has 1 unspecified atom stereocenters. The van der Waals surface area contributed by atoms with E-state index in [0.717, 1.165) is 66.2 Å². The van der Waals surface area contributed by atoms with Crippen LogP contribution in [0.4, 0.5) is 17.1 Å². The fourth-order valence-electron chi connectivity index (χ4n) is 14.6. The number of unbranched alkanes of at least 4 members (excludes halogenated alkanes) is 3. The number of aryl methyl sites for hydroxylation is 1. The van der Waals surface area contributed by atoms with Gasteiger partial charge in [-0.1, -0.05) is 239 Å². The van der Waals surface area contributed by atoms with Crippen LogP contribution in [0.15, 0.2) is 286 Å². The van der Waals surface area contributed by atoms with Crippen molar-refractivity contribution in [2.75, 3.05) is 11.5 Å². The summed E-state index contributed by atoms with van der Waals surface area (Å²) in [7, 11) is 0. The Morgan fingerprint density at radius 2 is 0.909 bits per heavy atom. The molecule has 2 aliphatic carbocycles. The number of hydrogen-bond acceptors (Lipinski definition) is 2. The van der Waals surface area contributed by atoms with Crippen LogP contribution in [0.1, 0.15) is 84.9 Å². The van der Waals surface area contributed by atoms with Crippen LogP contribution in [0.25, 0.3) is 89.2 Å². The number of anilines is 3. The molecule has 0 amide bonds. The monoisotopic (exact) mass is 1130 g/mol. The van der Waals surface area contributed by atoms with Crippen molar-refractivity contribution in [3.8, 4) is 67.1 Å². The molecule has 0 saturated heterocycles. The second-order valence-corrected chi connectivity index (χ2v) is 24.7. The molecule has 15 rings (SSSR count). The zero-order valence-corrected chi connectivity index (χ0v) is 50.4. The normalized spacial score (nSPS) is 14.3. The minimum atomic E-state index is -0.341. The van der Waals surface area contributed by atoms with Gasteiger partial charge in [-0.05, 0) is 200 Å². The summed E-state index contributed by atoms with van der Waals surface area (Å²) >= 11 is 0. The van der Waals surface area contributed by atoms with Crippen molar-refractivity contribution < 1.29 is 4.74 Å². The lowest BCUT2D eigenvalue weighted by atomic mass is 9.69. The predicted molar refractivity (Wildman–Crippen MR) is 371 cm³/mol. The summed E-state index contributed by atoms with van der Waals surface area (Å²) in [6.45, 7) is 11.5. The van der Waals surface area contributed by atoms with Gasteiger partial charge in [0, 0.05) is 44.4 Å². The maximum Gasteiger partial charge on any atom is 0.119 e. The van der Waals surface area contributed by atoms with Gasteiger partial charge in [-0.25, -0.2) is 0 Å². The molecule has 2 aliphatic rings. The highest BCUT2D eigenvalue weighted by molar-refractivity contribution is 6.12. The molecule has 3 heteroatoms. The first-order valence-corrected chi connectivity index (χ1v) is 31.3.